The van der Waals surface area contributed by atoms with E-state index in [4.69, 9.17) is 11.6 Å². The molecule has 118 valence electrons. The van der Waals surface area contributed by atoms with E-state index in [1.807, 2.05) is 49.3 Å². The van der Waals surface area contributed by atoms with Gasteiger partial charge in [-0.15, -0.1) is 0 Å². The van der Waals surface area contributed by atoms with Gasteiger partial charge in [0.05, 0.1) is 6.54 Å². The monoisotopic (exact) mass is 343 g/mol. The van der Waals surface area contributed by atoms with Crippen molar-refractivity contribution >= 4 is 23.4 Å². The number of benzene rings is 2. The summed E-state index contributed by atoms with van der Waals surface area (Å²) in [7, 11) is 3.92. The normalized spacial score (nSPS) is 19.3. The van der Waals surface area contributed by atoms with Crippen LogP contribution in [0.2, 0.25) is 5.02 Å². The second kappa shape index (κ2) is 6.59. The van der Waals surface area contributed by atoms with Crippen LogP contribution in [0.4, 0.5) is 0 Å². The number of aliphatic hydroxyl groups is 1. The molecule has 4 heteroatoms. The van der Waals surface area contributed by atoms with Crippen LogP contribution in [0, 0.1) is 11.8 Å². The molecular weight excluding hydrogens is 326 g/mol. The zero-order valence-electron chi connectivity index (χ0n) is 13.1. The summed E-state index contributed by atoms with van der Waals surface area (Å²) >= 11 is 7.83. The molecule has 0 aromatic heterocycles. The summed E-state index contributed by atoms with van der Waals surface area (Å²) in [4.78, 5) is 4.14. The minimum atomic E-state index is -1.23. The van der Waals surface area contributed by atoms with Gasteiger partial charge in [-0.05, 0) is 43.9 Å². The molecule has 0 amide bonds. The van der Waals surface area contributed by atoms with E-state index in [9.17, 15) is 5.11 Å². The molecule has 2 aromatic carbocycles. The van der Waals surface area contributed by atoms with E-state index in [0.29, 0.717) is 18.0 Å². The van der Waals surface area contributed by atoms with Crippen LogP contribution in [0.1, 0.15) is 11.1 Å². The van der Waals surface area contributed by atoms with Gasteiger partial charge in [-0.1, -0.05) is 53.4 Å². The van der Waals surface area contributed by atoms with Crippen LogP contribution < -0.4 is 0 Å². The predicted molar refractivity (Wildman–Crippen MR) is 95.9 cm³/mol. The largest absolute Gasteiger partial charge is 0.373 e. The van der Waals surface area contributed by atoms with Gasteiger partial charge in [0.25, 0.3) is 0 Å². The molecule has 1 aliphatic heterocycles. The number of halogens is 1. The lowest BCUT2D eigenvalue weighted by Crippen LogP contribution is -2.27. The summed E-state index contributed by atoms with van der Waals surface area (Å²) in [5.74, 6) is 6.17. The van der Waals surface area contributed by atoms with Crippen molar-refractivity contribution in [3.05, 3.63) is 58.6 Å². The maximum Gasteiger partial charge on any atom is 0.156 e. The zero-order chi connectivity index (χ0) is 16.4. The summed E-state index contributed by atoms with van der Waals surface area (Å²) in [5.41, 5.74) is 0.666. The van der Waals surface area contributed by atoms with Crippen molar-refractivity contribution in [2.75, 3.05) is 20.6 Å². The first-order chi connectivity index (χ1) is 11.0. The Bertz CT molecular complexity index is 793. The fourth-order valence-corrected chi connectivity index (χ4v) is 3.91. The summed E-state index contributed by atoms with van der Waals surface area (Å²) in [5, 5.41) is 11.9. The summed E-state index contributed by atoms with van der Waals surface area (Å²) < 4.78 is 0. The molecular formula is C19H18ClNOS. The van der Waals surface area contributed by atoms with Gasteiger partial charge in [0.1, 0.15) is 0 Å². The Kier molecular flexibility index (Phi) is 4.70. The van der Waals surface area contributed by atoms with Crippen molar-refractivity contribution in [2.24, 2.45) is 0 Å². The molecule has 3 rings (SSSR count). The average Bonchev–Trinajstić information content (AvgIpc) is 2.61. The highest BCUT2D eigenvalue weighted by molar-refractivity contribution is 7.99. The maximum atomic E-state index is 11.3. The first-order valence-corrected chi connectivity index (χ1v) is 8.60. The Balaban J connectivity index is 2.13. The zero-order valence-corrected chi connectivity index (χ0v) is 14.7. The number of nitrogens with zero attached hydrogens (tertiary/aromatic N) is 1. The molecule has 2 aromatic rings. The van der Waals surface area contributed by atoms with Crippen LogP contribution in [0.15, 0.2) is 52.3 Å². The van der Waals surface area contributed by atoms with Crippen molar-refractivity contribution < 1.29 is 5.11 Å². The van der Waals surface area contributed by atoms with Crippen molar-refractivity contribution in [3.8, 4) is 11.8 Å². The lowest BCUT2D eigenvalue weighted by molar-refractivity contribution is 0.0976. The predicted octanol–water partition coefficient (Wildman–Crippen LogP) is 3.80. The molecule has 0 fully saturated rings. The van der Waals surface area contributed by atoms with Crippen LogP contribution >= 0.6 is 23.4 Å². The van der Waals surface area contributed by atoms with Gasteiger partial charge >= 0.3 is 0 Å². The van der Waals surface area contributed by atoms with E-state index >= 15 is 0 Å². The smallest absolute Gasteiger partial charge is 0.156 e. The first kappa shape index (κ1) is 16.4. The van der Waals surface area contributed by atoms with Gasteiger partial charge in [0.15, 0.2) is 5.60 Å². The summed E-state index contributed by atoms with van der Waals surface area (Å²) in [6, 6.07) is 13.8. The van der Waals surface area contributed by atoms with Crippen LogP contribution in [0.25, 0.3) is 0 Å². The lowest BCUT2D eigenvalue weighted by Gasteiger charge is -2.23. The molecule has 0 spiro atoms. The summed E-state index contributed by atoms with van der Waals surface area (Å²) in [6.45, 7) is 0.604. The Morgan fingerprint density at radius 2 is 2.00 bits per heavy atom. The highest BCUT2D eigenvalue weighted by atomic mass is 35.5. The fourth-order valence-electron chi connectivity index (χ4n) is 2.61. The van der Waals surface area contributed by atoms with Crippen LogP contribution in [0.3, 0.4) is 0 Å². The van der Waals surface area contributed by atoms with E-state index in [0.717, 1.165) is 20.9 Å². The standard InChI is InChI=1S/C19H18ClNOS/c1-21(2)11-5-10-19(22)13-14-6-3-4-7-17(14)23-18-9-8-15(20)12-16(18)19/h3-4,6-9,12,22H,11,13H2,1-2H3. The van der Waals surface area contributed by atoms with Crippen molar-refractivity contribution in [2.45, 2.75) is 21.8 Å². The molecule has 23 heavy (non-hydrogen) atoms. The molecule has 0 saturated heterocycles. The molecule has 1 N–H and O–H groups in total. The average molecular weight is 344 g/mol. The van der Waals surface area contributed by atoms with Crippen LogP contribution in [-0.4, -0.2) is 30.6 Å². The fraction of sp³-hybridized carbons (Fsp3) is 0.263. The van der Waals surface area contributed by atoms with Crippen molar-refractivity contribution in [1.29, 1.82) is 0 Å². The number of hydrogen-bond acceptors (Lipinski definition) is 3. The minimum absolute atomic E-state index is 0.462. The van der Waals surface area contributed by atoms with Gasteiger partial charge < -0.3 is 5.11 Å². The van der Waals surface area contributed by atoms with Gasteiger partial charge in [-0.25, -0.2) is 0 Å². The number of rotatable bonds is 1. The van der Waals surface area contributed by atoms with E-state index in [2.05, 4.69) is 24.0 Å². The van der Waals surface area contributed by atoms with E-state index in [1.54, 1.807) is 11.8 Å². The highest BCUT2D eigenvalue weighted by Gasteiger charge is 2.34. The molecule has 0 radical (unpaired) electrons. The van der Waals surface area contributed by atoms with E-state index in [1.165, 1.54) is 0 Å². The second-order valence-electron chi connectivity index (χ2n) is 5.93. The van der Waals surface area contributed by atoms with Crippen molar-refractivity contribution in [3.63, 3.8) is 0 Å². The Morgan fingerprint density at radius 3 is 2.78 bits per heavy atom. The molecule has 2 nitrogen and oxygen atoms in total. The quantitative estimate of drug-likeness (QED) is 0.797. The topological polar surface area (TPSA) is 23.5 Å². The minimum Gasteiger partial charge on any atom is -0.373 e. The lowest BCUT2D eigenvalue weighted by atomic mass is 9.87. The summed E-state index contributed by atoms with van der Waals surface area (Å²) in [6.07, 6.45) is 0.462. The van der Waals surface area contributed by atoms with Crippen LogP contribution in [0.5, 0.6) is 0 Å². The second-order valence-corrected chi connectivity index (χ2v) is 7.45. The SMILES string of the molecule is CN(C)CC#CC1(O)Cc2ccccc2Sc2ccc(Cl)cc21. The molecule has 1 atom stereocenters. The third kappa shape index (κ3) is 3.57. The molecule has 0 aliphatic carbocycles. The van der Waals surface area contributed by atoms with Crippen LogP contribution in [-0.2, 0) is 12.0 Å². The molecule has 1 aliphatic rings. The number of fused-ring (bicyclic) bond motifs is 2. The van der Waals surface area contributed by atoms with E-state index < -0.39 is 5.60 Å². The molecule has 0 saturated carbocycles. The van der Waals surface area contributed by atoms with E-state index in [-0.39, 0.29) is 0 Å². The van der Waals surface area contributed by atoms with Gasteiger partial charge in [0, 0.05) is 26.8 Å². The third-order valence-electron chi connectivity index (χ3n) is 3.72. The number of hydrogen-bond donors (Lipinski definition) is 1. The molecule has 1 heterocycles. The molecule has 1 unspecified atom stereocenters. The first-order valence-electron chi connectivity index (χ1n) is 7.41. The third-order valence-corrected chi connectivity index (χ3v) is 5.15. The molecule has 0 bridgehead atoms. The van der Waals surface area contributed by atoms with Gasteiger partial charge in [-0.3, -0.25) is 4.90 Å². The van der Waals surface area contributed by atoms with Gasteiger partial charge in [0.2, 0.25) is 0 Å². The Hall–Kier alpha value is -1.44. The van der Waals surface area contributed by atoms with Crippen molar-refractivity contribution in [1.82, 2.24) is 4.90 Å². The Labute approximate surface area is 146 Å². The Morgan fingerprint density at radius 1 is 1.22 bits per heavy atom. The van der Waals surface area contributed by atoms with Gasteiger partial charge in [-0.2, -0.15) is 0 Å². The maximum absolute atomic E-state index is 11.3. The highest BCUT2D eigenvalue weighted by Crippen LogP contribution is 2.44.